The van der Waals surface area contributed by atoms with Crippen molar-refractivity contribution < 1.29 is 14.3 Å². The molecule has 1 N–H and O–H groups in total. The van der Waals surface area contributed by atoms with Gasteiger partial charge in [-0.1, -0.05) is 48.0 Å². The Hall–Kier alpha value is -2.98. The molecule has 0 atom stereocenters. The smallest absolute Gasteiger partial charge is 0.259 e. The van der Waals surface area contributed by atoms with Crippen LogP contribution in [0.15, 0.2) is 72.8 Å². The lowest BCUT2D eigenvalue weighted by Gasteiger charge is -2.11. The second-order valence-corrected chi connectivity index (χ2v) is 6.35. The SMILES string of the molecule is COc1ccc(Cl)cc1C(=O)Nc1cccc(OCCc2ccccc2)c1. The van der Waals surface area contributed by atoms with Crippen molar-refractivity contribution in [1.82, 2.24) is 0 Å². The minimum atomic E-state index is -0.296. The van der Waals surface area contributed by atoms with E-state index >= 15 is 0 Å². The molecular formula is C22H20ClNO3. The Kier molecular flexibility index (Phi) is 6.34. The van der Waals surface area contributed by atoms with Crippen molar-refractivity contribution in [2.24, 2.45) is 0 Å². The van der Waals surface area contributed by atoms with E-state index in [9.17, 15) is 4.79 Å². The van der Waals surface area contributed by atoms with E-state index in [0.29, 0.717) is 34.4 Å². The largest absolute Gasteiger partial charge is 0.496 e. The summed E-state index contributed by atoms with van der Waals surface area (Å²) in [7, 11) is 1.52. The van der Waals surface area contributed by atoms with Gasteiger partial charge in [-0.2, -0.15) is 0 Å². The van der Waals surface area contributed by atoms with E-state index in [0.717, 1.165) is 6.42 Å². The van der Waals surface area contributed by atoms with E-state index in [1.165, 1.54) is 12.7 Å². The summed E-state index contributed by atoms with van der Waals surface area (Å²) in [6, 6.07) is 22.4. The maximum Gasteiger partial charge on any atom is 0.259 e. The normalized spacial score (nSPS) is 10.3. The fraction of sp³-hybridized carbons (Fsp3) is 0.136. The molecular weight excluding hydrogens is 362 g/mol. The van der Waals surface area contributed by atoms with E-state index < -0.39 is 0 Å². The van der Waals surface area contributed by atoms with E-state index in [1.807, 2.05) is 30.3 Å². The van der Waals surface area contributed by atoms with Gasteiger partial charge in [-0.15, -0.1) is 0 Å². The number of anilines is 1. The van der Waals surface area contributed by atoms with Gasteiger partial charge in [0.2, 0.25) is 0 Å². The molecule has 0 aliphatic heterocycles. The molecule has 0 unspecified atom stereocenters. The number of hydrogen-bond donors (Lipinski definition) is 1. The van der Waals surface area contributed by atoms with Gasteiger partial charge in [0.25, 0.3) is 5.91 Å². The minimum Gasteiger partial charge on any atom is -0.496 e. The molecule has 3 aromatic rings. The molecule has 0 aliphatic carbocycles. The van der Waals surface area contributed by atoms with Crippen LogP contribution in [-0.2, 0) is 6.42 Å². The number of benzene rings is 3. The number of hydrogen-bond acceptors (Lipinski definition) is 3. The monoisotopic (exact) mass is 381 g/mol. The van der Waals surface area contributed by atoms with Gasteiger partial charge in [0, 0.05) is 23.2 Å². The molecule has 0 aliphatic rings. The number of methoxy groups -OCH3 is 1. The lowest BCUT2D eigenvalue weighted by Crippen LogP contribution is -2.13. The first-order chi connectivity index (χ1) is 13.2. The van der Waals surface area contributed by atoms with Gasteiger partial charge in [0.1, 0.15) is 11.5 Å². The molecule has 1 amide bonds. The first kappa shape index (κ1) is 18.8. The van der Waals surface area contributed by atoms with Gasteiger partial charge >= 0.3 is 0 Å². The first-order valence-corrected chi connectivity index (χ1v) is 8.95. The van der Waals surface area contributed by atoms with Gasteiger partial charge in [0.15, 0.2) is 0 Å². The van der Waals surface area contributed by atoms with Crippen molar-refractivity contribution in [2.75, 3.05) is 19.0 Å². The third-order valence-electron chi connectivity index (χ3n) is 4.00. The van der Waals surface area contributed by atoms with E-state index in [2.05, 4.69) is 17.4 Å². The van der Waals surface area contributed by atoms with Crippen LogP contribution in [-0.4, -0.2) is 19.6 Å². The highest BCUT2D eigenvalue weighted by Crippen LogP contribution is 2.24. The number of rotatable bonds is 7. The second-order valence-electron chi connectivity index (χ2n) is 5.91. The predicted molar refractivity (Wildman–Crippen MR) is 108 cm³/mol. The highest BCUT2D eigenvalue weighted by atomic mass is 35.5. The molecule has 27 heavy (non-hydrogen) atoms. The Morgan fingerprint density at radius 2 is 1.81 bits per heavy atom. The van der Waals surface area contributed by atoms with Crippen molar-refractivity contribution in [2.45, 2.75) is 6.42 Å². The molecule has 0 radical (unpaired) electrons. The van der Waals surface area contributed by atoms with Crippen molar-refractivity contribution >= 4 is 23.2 Å². The molecule has 5 heteroatoms. The van der Waals surface area contributed by atoms with Gasteiger partial charge in [0.05, 0.1) is 19.3 Å². The zero-order valence-electron chi connectivity index (χ0n) is 14.9. The Labute approximate surface area is 163 Å². The summed E-state index contributed by atoms with van der Waals surface area (Å²) in [5, 5.41) is 3.32. The molecule has 4 nitrogen and oxygen atoms in total. The molecule has 0 saturated heterocycles. The average molecular weight is 382 g/mol. The lowest BCUT2D eigenvalue weighted by atomic mass is 10.1. The molecule has 0 aromatic heterocycles. The molecule has 0 spiro atoms. The van der Waals surface area contributed by atoms with Gasteiger partial charge < -0.3 is 14.8 Å². The Morgan fingerprint density at radius 1 is 1.00 bits per heavy atom. The third kappa shape index (κ3) is 5.25. The fourth-order valence-corrected chi connectivity index (χ4v) is 2.82. The van der Waals surface area contributed by atoms with Gasteiger partial charge in [-0.05, 0) is 35.9 Å². The third-order valence-corrected chi connectivity index (χ3v) is 4.24. The van der Waals surface area contributed by atoms with Crippen LogP contribution in [0.2, 0.25) is 5.02 Å². The molecule has 0 heterocycles. The number of carbonyl (C=O) groups is 1. The number of amides is 1. The van der Waals surface area contributed by atoms with Crippen LogP contribution in [0.3, 0.4) is 0 Å². The summed E-state index contributed by atoms with van der Waals surface area (Å²) in [6.45, 7) is 0.559. The summed E-state index contributed by atoms with van der Waals surface area (Å²) in [5.41, 5.74) is 2.23. The standard InChI is InChI=1S/C22H20ClNO3/c1-26-21-11-10-17(23)14-20(21)22(25)24-18-8-5-9-19(15-18)27-13-12-16-6-3-2-4-7-16/h2-11,14-15H,12-13H2,1H3,(H,24,25). The molecule has 0 bridgehead atoms. The quantitative estimate of drug-likeness (QED) is 0.610. The van der Waals surface area contributed by atoms with Crippen molar-refractivity contribution in [1.29, 1.82) is 0 Å². The van der Waals surface area contributed by atoms with Crippen LogP contribution in [0, 0.1) is 0 Å². The minimum absolute atomic E-state index is 0.296. The fourth-order valence-electron chi connectivity index (χ4n) is 2.65. The van der Waals surface area contributed by atoms with Gasteiger partial charge in [-0.3, -0.25) is 4.79 Å². The molecule has 3 rings (SSSR count). The number of carbonyl (C=O) groups excluding carboxylic acids is 1. The van der Waals surface area contributed by atoms with Crippen LogP contribution in [0.5, 0.6) is 11.5 Å². The maximum absolute atomic E-state index is 12.6. The second kappa shape index (κ2) is 9.10. The van der Waals surface area contributed by atoms with Crippen LogP contribution in [0.4, 0.5) is 5.69 Å². The maximum atomic E-state index is 12.6. The van der Waals surface area contributed by atoms with Crippen LogP contribution < -0.4 is 14.8 Å². The summed E-state index contributed by atoms with van der Waals surface area (Å²) in [4.78, 5) is 12.6. The Morgan fingerprint density at radius 3 is 2.59 bits per heavy atom. The van der Waals surface area contributed by atoms with E-state index in [-0.39, 0.29) is 5.91 Å². The summed E-state index contributed by atoms with van der Waals surface area (Å²) in [5.74, 6) is 0.866. The summed E-state index contributed by atoms with van der Waals surface area (Å²) < 4.78 is 11.0. The predicted octanol–water partition coefficient (Wildman–Crippen LogP) is 5.22. The topological polar surface area (TPSA) is 47.6 Å². The number of halogens is 1. The van der Waals surface area contributed by atoms with Crippen LogP contribution >= 0.6 is 11.6 Å². The zero-order valence-corrected chi connectivity index (χ0v) is 15.7. The number of ether oxygens (including phenoxy) is 2. The van der Waals surface area contributed by atoms with Crippen LogP contribution in [0.25, 0.3) is 0 Å². The van der Waals surface area contributed by atoms with Crippen LogP contribution in [0.1, 0.15) is 15.9 Å². The van der Waals surface area contributed by atoms with E-state index in [4.69, 9.17) is 21.1 Å². The van der Waals surface area contributed by atoms with Crippen molar-refractivity contribution in [3.8, 4) is 11.5 Å². The zero-order chi connectivity index (χ0) is 19.1. The molecule has 0 saturated carbocycles. The van der Waals surface area contributed by atoms with Gasteiger partial charge in [-0.25, -0.2) is 0 Å². The summed E-state index contributed by atoms with van der Waals surface area (Å²) >= 11 is 6.00. The van der Waals surface area contributed by atoms with Crippen molar-refractivity contribution in [3.05, 3.63) is 88.9 Å². The highest BCUT2D eigenvalue weighted by Gasteiger charge is 2.13. The van der Waals surface area contributed by atoms with Crippen molar-refractivity contribution in [3.63, 3.8) is 0 Å². The van der Waals surface area contributed by atoms with E-state index in [1.54, 1.807) is 30.3 Å². The first-order valence-electron chi connectivity index (χ1n) is 8.57. The lowest BCUT2D eigenvalue weighted by molar-refractivity contribution is 0.102. The highest BCUT2D eigenvalue weighted by molar-refractivity contribution is 6.31. The molecule has 3 aromatic carbocycles. The average Bonchev–Trinajstić information content (AvgIpc) is 2.69. The summed E-state index contributed by atoms with van der Waals surface area (Å²) in [6.07, 6.45) is 0.817. The Bertz CT molecular complexity index is 912. The molecule has 138 valence electrons. The molecule has 0 fully saturated rings. The number of nitrogens with one attached hydrogen (secondary N) is 1. The Balaban J connectivity index is 1.63.